The van der Waals surface area contributed by atoms with Gasteiger partial charge in [0.1, 0.15) is 5.82 Å². The average molecular weight is 359 g/mol. The summed E-state index contributed by atoms with van der Waals surface area (Å²) in [5.74, 6) is 2.01. The molecule has 6 nitrogen and oxygen atoms in total. The Labute approximate surface area is 148 Å². The lowest BCUT2D eigenvalue weighted by Crippen LogP contribution is -2.15. The Kier molecular flexibility index (Phi) is 5.60. The molecule has 0 unspecified atom stereocenters. The van der Waals surface area contributed by atoms with Gasteiger partial charge in [-0.1, -0.05) is 42.1 Å². The number of nitrogens with zero attached hydrogens (tertiary/aromatic N) is 4. The molecule has 0 saturated carbocycles. The van der Waals surface area contributed by atoms with Crippen LogP contribution < -0.4 is 5.32 Å². The first-order valence-electron chi connectivity index (χ1n) is 7.49. The second-order valence-corrected chi connectivity index (χ2v) is 7.10. The maximum Gasteiger partial charge on any atom is 0.242 e. The molecule has 0 aliphatic heterocycles. The van der Waals surface area contributed by atoms with Crippen molar-refractivity contribution in [2.45, 2.75) is 30.0 Å². The van der Waals surface area contributed by atoms with Gasteiger partial charge in [-0.25, -0.2) is 4.98 Å². The van der Waals surface area contributed by atoms with E-state index in [9.17, 15) is 4.79 Å². The normalized spacial score (nSPS) is 10.7. The van der Waals surface area contributed by atoms with Crippen molar-refractivity contribution in [3.8, 4) is 0 Å². The molecule has 24 heavy (non-hydrogen) atoms. The molecule has 124 valence electrons. The zero-order valence-electron chi connectivity index (χ0n) is 13.2. The van der Waals surface area contributed by atoms with Gasteiger partial charge in [0.2, 0.25) is 11.9 Å². The van der Waals surface area contributed by atoms with Crippen LogP contribution in [0.4, 0.5) is 5.95 Å². The third-order valence-corrected chi connectivity index (χ3v) is 5.27. The Morgan fingerprint density at radius 3 is 2.92 bits per heavy atom. The van der Waals surface area contributed by atoms with E-state index in [1.807, 2.05) is 35.9 Å². The third kappa shape index (κ3) is 4.65. The first-order valence-corrected chi connectivity index (χ1v) is 9.24. The fourth-order valence-electron chi connectivity index (χ4n) is 2.09. The molecule has 1 N–H and O–H groups in total. The number of aryl methyl sites for hydroxylation is 2. The largest absolute Gasteiger partial charge is 0.335 e. The van der Waals surface area contributed by atoms with Crippen LogP contribution in [0.3, 0.4) is 0 Å². The summed E-state index contributed by atoms with van der Waals surface area (Å²) in [6, 6.07) is 10.2. The third-order valence-electron chi connectivity index (χ3n) is 3.37. The molecule has 0 atom stereocenters. The number of imidazole rings is 1. The number of hydrogen-bond acceptors (Lipinski definition) is 6. The van der Waals surface area contributed by atoms with Gasteiger partial charge in [0.25, 0.3) is 0 Å². The number of amides is 1. The van der Waals surface area contributed by atoms with Crippen molar-refractivity contribution in [2.24, 2.45) is 0 Å². The predicted molar refractivity (Wildman–Crippen MR) is 96.1 cm³/mol. The lowest BCUT2D eigenvalue weighted by molar-refractivity contribution is -0.116. The number of benzene rings is 1. The summed E-state index contributed by atoms with van der Waals surface area (Å²) in [7, 11) is 0. The first kappa shape index (κ1) is 16.7. The molecular formula is C16H17N5OS2. The molecule has 8 heteroatoms. The van der Waals surface area contributed by atoms with Gasteiger partial charge in [0, 0.05) is 31.1 Å². The zero-order chi connectivity index (χ0) is 16.8. The highest BCUT2D eigenvalue weighted by Gasteiger charge is 2.09. The Hall–Kier alpha value is -2.19. The Morgan fingerprint density at radius 1 is 1.33 bits per heavy atom. The minimum Gasteiger partial charge on any atom is -0.335 e. The van der Waals surface area contributed by atoms with Gasteiger partial charge >= 0.3 is 0 Å². The summed E-state index contributed by atoms with van der Waals surface area (Å²) >= 11 is 2.92. The highest BCUT2D eigenvalue weighted by atomic mass is 32.2. The Bertz CT molecular complexity index is 800. The van der Waals surface area contributed by atoms with E-state index in [1.54, 1.807) is 18.0 Å². The summed E-state index contributed by atoms with van der Waals surface area (Å²) in [6.45, 7) is 2.51. The van der Waals surface area contributed by atoms with E-state index in [1.165, 1.54) is 17.1 Å². The lowest BCUT2D eigenvalue weighted by Gasteiger charge is -2.04. The molecular weight excluding hydrogens is 342 g/mol. The van der Waals surface area contributed by atoms with Crippen LogP contribution in [0, 0.1) is 6.92 Å². The van der Waals surface area contributed by atoms with E-state index in [-0.39, 0.29) is 5.91 Å². The average Bonchev–Trinajstić information content (AvgIpc) is 3.21. The van der Waals surface area contributed by atoms with Crippen LogP contribution in [0.15, 0.2) is 47.1 Å². The van der Waals surface area contributed by atoms with Crippen molar-refractivity contribution in [3.63, 3.8) is 0 Å². The summed E-state index contributed by atoms with van der Waals surface area (Å²) < 4.78 is 6.98. The second-order valence-electron chi connectivity index (χ2n) is 5.12. The molecule has 0 fully saturated rings. The van der Waals surface area contributed by atoms with Crippen LogP contribution in [0.2, 0.25) is 0 Å². The van der Waals surface area contributed by atoms with Crippen LogP contribution in [0.5, 0.6) is 0 Å². The number of hydrogen-bond donors (Lipinski definition) is 1. The number of nitrogens with one attached hydrogen (secondary N) is 1. The smallest absolute Gasteiger partial charge is 0.242 e. The highest BCUT2D eigenvalue weighted by molar-refractivity contribution is 8.00. The fourth-order valence-corrected chi connectivity index (χ4v) is 3.60. The zero-order valence-corrected chi connectivity index (χ0v) is 14.8. The van der Waals surface area contributed by atoms with Crippen LogP contribution in [-0.4, -0.2) is 24.8 Å². The van der Waals surface area contributed by atoms with E-state index in [0.29, 0.717) is 18.9 Å². The van der Waals surface area contributed by atoms with Gasteiger partial charge in [-0.05, 0) is 24.0 Å². The van der Waals surface area contributed by atoms with E-state index in [2.05, 4.69) is 31.8 Å². The Balaban J connectivity index is 1.46. The van der Waals surface area contributed by atoms with E-state index >= 15 is 0 Å². The van der Waals surface area contributed by atoms with Crippen LogP contribution in [-0.2, 0) is 17.1 Å². The molecule has 2 aromatic heterocycles. The van der Waals surface area contributed by atoms with Crippen molar-refractivity contribution < 1.29 is 4.79 Å². The SMILES string of the molecule is Cc1nccn1CCC(=O)Nc1nsc(SCc2ccccc2)n1. The standard InChI is InChI=1S/C16H17N5OS2/c1-12-17-8-10-21(12)9-7-14(22)18-15-19-16(24-20-15)23-11-13-5-3-2-4-6-13/h2-6,8,10H,7,9,11H2,1H3,(H,18,20,22). The number of carbonyl (C=O) groups is 1. The molecule has 0 spiro atoms. The molecule has 3 rings (SSSR count). The van der Waals surface area contributed by atoms with Crippen LogP contribution >= 0.6 is 23.3 Å². The number of thioether (sulfide) groups is 1. The fraction of sp³-hybridized carbons (Fsp3) is 0.250. The van der Waals surface area contributed by atoms with Gasteiger partial charge in [-0.3, -0.25) is 10.1 Å². The van der Waals surface area contributed by atoms with Crippen molar-refractivity contribution >= 4 is 35.1 Å². The van der Waals surface area contributed by atoms with E-state index in [0.717, 1.165) is 15.9 Å². The van der Waals surface area contributed by atoms with Crippen LogP contribution in [0.1, 0.15) is 17.8 Å². The van der Waals surface area contributed by atoms with E-state index < -0.39 is 0 Å². The monoisotopic (exact) mass is 359 g/mol. The maximum atomic E-state index is 12.0. The molecule has 2 heterocycles. The summed E-state index contributed by atoms with van der Waals surface area (Å²) in [5, 5.41) is 2.74. The summed E-state index contributed by atoms with van der Waals surface area (Å²) in [4.78, 5) is 20.5. The molecule has 0 radical (unpaired) electrons. The Morgan fingerprint density at radius 2 is 2.17 bits per heavy atom. The number of rotatable bonds is 7. The minimum absolute atomic E-state index is 0.0968. The van der Waals surface area contributed by atoms with Gasteiger partial charge in [0.15, 0.2) is 4.34 Å². The van der Waals surface area contributed by atoms with Gasteiger partial charge in [-0.2, -0.15) is 9.36 Å². The minimum atomic E-state index is -0.0968. The quantitative estimate of drug-likeness (QED) is 0.655. The van der Waals surface area contributed by atoms with Gasteiger partial charge in [-0.15, -0.1) is 0 Å². The van der Waals surface area contributed by atoms with Crippen molar-refractivity contribution in [1.29, 1.82) is 0 Å². The molecule has 0 saturated heterocycles. The van der Waals surface area contributed by atoms with Crippen molar-refractivity contribution in [3.05, 3.63) is 54.1 Å². The number of carbonyl (C=O) groups excluding carboxylic acids is 1. The number of aromatic nitrogens is 4. The topological polar surface area (TPSA) is 72.7 Å². The van der Waals surface area contributed by atoms with Crippen molar-refractivity contribution in [2.75, 3.05) is 5.32 Å². The molecule has 0 aliphatic rings. The lowest BCUT2D eigenvalue weighted by atomic mass is 10.2. The van der Waals surface area contributed by atoms with E-state index in [4.69, 9.17) is 0 Å². The summed E-state index contributed by atoms with van der Waals surface area (Å²) in [6.07, 6.45) is 3.95. The maximum absolute atomic E-state index is 12.0. The van der Waals surface area contributed by atoms with Crippen LogP contribution in [0.25, 0.3) is 0 Å². The van der Waals surface area contributed by atoms with Gasteiger partial charge < -0.3 is 4.57 Å². The molecule has 0 bridgehead atoms. The van der Waals surface area contributed by atoms with Gasteiger partial charge in [0.05, 0.1) is 0 Å². The molecule has 1 amide bonds. The first-order chi connectivity index (χ1) is 11.7. The van der Waals surface area contributed by atoms with Crippen molar-refractivity contribution in [1.82, 2.24) is 18.9 Å². The second kappa shape index (κ2) is 8.07. The molecule has 0 aliphatic carbocycles. The molecule has 3 aromatic rings. The predicted octanol–water partition coefficient (Wildman–Crippen LogP) is 3.36. The summed E-state index contributed by atoms with van der Waals surface area (Å²) in [5.41, 5.74) is 1.24. The highest BCUT2D eigenvalue weighted by Crippen LogP contribution is 2.25. The molecule has 1 aromatic carbocycles. The number of anilines is 1.